The summed E-state index contributed by atoms with van der Waals surface area (Å²) in [6.07, 6.45) is 0.996. The van der Waals surface area contributed by atoms with Crippen LogP contribution >= 0.6 is 11.6 Å². The summed E-state index contributed by atoms with van der Waals surface area (Å²) in [4.78, 5) is 0. The summed E-state index contributed by atoms with van der Waals surface area (Å²) in [5.41, 5.74) is 0.277. The third-order valence-electron chi connectivity index (χ3n) is 3.14. The van der Waals surface area contributed by atoms with Gasteiger partial charge in [-0.15, -0.1) is 0 Å². The zero-order valence-electron chi connectivity index (χ0n) is 10.0. The summed E-state index contributed by atoms with van der Waals surface area (Å²) in [6, 6.07) is 4.66. The number of benzene rings is 1. The number of ether oxygens (including phenoxy) is 1. The van der Waals surface area contributed by atoms with Gasteiger partial charge in [-0.3, -0.25) is 0 Å². The summed E-state index contributed by atoms with van der Waals surface area (Å²) < 4.78 is 18.8. The van der Waals surface area contributed by atoms with Crippen LogP contribution in [0.1, 0.15) is 24.5 Å². The molecule has 1 aromatic carbocycles. The summed E-state index contributed by atoms with van der Waals surface area (Å²) in [6.45, 7) is 1.81. The third kappa shape index (κ3) is 3.65. The number of rotatable bonds is 4. The Kier molecular flexibility index (Phi) is 4.95. The fourth-order valence-electron chi connectivity index (χ4n) is 2.06. The Bertz CT molecular complexity index is 397. The number of nitrogens with one attached hydrogen (secondary N) is 1. The summed E-state index contributed by atoms with van der Waals surface area (Å²) in [7, 11) is 0. The maximum atomic E-state index is 13.6. The SMILES string of the molecule is O[C@H](CNC1CCOCC1)c1ccc(Cl)cc1F. The smallest absolute Gasteiger partial charge is 0.130 e. The summed E-state index contributed by atoms with van der Waals surface area (Å²) in [5.74, 6) is -0.469. The van der Waals surface area contributed by atoms with E-state index in [2.05, 4.69) is 5.32 Å². The molecule has 1 aliphatic heterocycles. The molecule has 0 aromatic heterocycles. The van der Waals surface area contributed by atoms with E-state index in [1.54, 1.807) is 6.07 Å². The molecule has 0 saturated carbocycles. The van der Waals surface area contributed by atoms with Gasteiger partial charge in [-0.1, -0.05) is 17.7 Å². The molecule has 1 aliphatic rings. The minimum atomic E-state index is -0.856. The first-order chi connectivity index (χ1) is 8.66. The molecule has 3 nitrogen and oxygen atoms in total. The second kappa shape index (κ2) is 6.48. The first-order valence-electron chi connectivity index (χ1n) is 6.11. The molecule has 0 spiro atoms. The van der Waals surface area contributed by atoms with Crippen molar-refractivity contribution in [1.29, 1.82) is 0 Å². The van der Waals surface area contributed by atoms with E-state index in [9.17, 15) is 9.50 Å². The lowest BCUT2D eigenvalue weighted by Crippen LogP contribution is -2.37. The van der Waals surface area contributed by atoms with Gasteiger partial charge in [-0.05, 0) is 25.0 Å². The summed E-state index contributed by atoms with van der Waals surface area (Å²) >= 11 is 5.67. The first-order valence-corrected chi connectivity index (χ1v) is 6.49. The molecule has 1 fully saturated rings. The second-order valence-electron chi connectivity index (χ2n) is 4.48. The Labute approximate surface area is 111 Å². The lowest BCUT2D eigenvalue weighted by Gasteiger charge is -2.24. The maximum absolute atomic E-state index is 13.6. The van der Waals surface area contributed by atoms with Gasteiger partial charge < -0.3 is 15.2 Å². The Morgan fingerprint density at radius 2 is 2.17 bits per heavy atom. The van der Waals surface area contributed by atoms with Crippen molar-refractivity contribution < 1.29 is 14.2 Å². The van der Waals surface area contributed by atoms with Gasteiger partial charge >= 0.3 is 0 Å². The highest BCUT2D eigenvalue weighted by Crippen LogP contribution is 2.20. The van der Waals surface area contributed by atoms with Crippen molar-refractivity contribution in [3.05, 3.63) is 34.6 Å². The molecule has 0 unspecified atom stereocenters. The van der Waals surface area contributed by atoms with E-state index in [0.717, 1.165) is 26.1 Å². The van der Waals surface area contributed by atoms with Crippen LogP contribution in [0.3, 0.4) is 0 Å². The molecule has 0 amide bonds. The van der Waals surface area contributed by atoms with E-state index in [0.29, 0.717) is 17.6 Å². The highest BCUT2D eigenvalue weighted by Gasteiger charge is 2.17. The van der Waals surface area contributed by atoms with E-state index >= 15 is 0 Å². The predicted molar refractivity (Wildman–Crippen MR) is 68.2 cm³/mol. The molecule has 1 saturated heterocycles. The Morgan fingerprint density at radius 3 is 2.83 bits per heavy atom. The van der Waals surface area contributed by atoms with Crippen LogP contribution < -0.4 is 5.32 Å². The molecule has 0 bridgehead atoms. The largest absolute Gasteiger partial charge is 0.387 e. The molecule has 1 aromatic rings. The van der Waals surface area contributed by atoms with Gasteiger partial charge in [-0.2, -0.15) is 0 Å². The van der Waals surface area contributed by atoms with E-state index in [1.165, 1.54) is 12.1 Å². The number of aliphatic hydroxyl groups excluding tert-OH is 1. The number of halogens is 2. The minimum Gasteiger partial charge on any atom is -0.387 e. The van der Waals surface area contributed by atoms with Crippen molar-refractivity contribution in [1.82, 2.24) is 5.32 Å². The fourth-order valence-corrected chi connectivity index (χ4v) is 2.22. The Balaban J connectivity index is 1.88. The molecule has 18 heavy (non-hydrogen) atoms. The molecule has 2 N–H and O–H groups in total. The van der Waals surface area contributed by atoms with Crippen LogP contribution in [0.15, 0.2) is 18.2 Å². The van der Waals surface area contributed by atoms with Gasteiger partial charge in [0.15, 0.2) is 0 Å². The van der Waals surface area contributed by atoms with Crippen molar-refractivity contribution >= 4 is 11.6 Å². The number of hydrogen-bond acceptors (Lipinski definition) is 3. The lowest BCUT2D eigenvalue weighted by molar-refractivity contribution is 0.0721. The summed E-state index contributed by atoms with van der Waals surface area (Å²) in [5, 5.41) is 13.5. The van der Waals surface area contributed by atoms with E-state index in [-0.39, 0.29) is 5.56 Å². The fraction of sp³-hybridized carbons (Fsp3) is 0.538. The zero-order chi connectivity index (χ0) is 13.0. The molecule has 1 atom stereocenters. The Morgan fingerprint density at radius 1 is 1.44 bits per heavy atom. The van der Waals surface area contributed by atoms with Crippen molar-refractivity contribution in [3.63, 3.8) is 0 Å². The highest BCUT2D eigenvalue weighted by molar-refractivity contribution is 6.30. The minimum absolute atomic E-state index is 0.277. The van der Waals surface area contributed by atoms with Crippen LogP contribution in [0.4, 0.5) is 4.39 Å². The van der Waals surface area contributed by atoms with Crippen molar-refractivity contribution in [2.24, 2.45) is 0 Å². The second-order valence-corrected chi connectivity index (χ2v) is 4.91. The van der Waals surface area contributed by atoms with Crippen LogP contribution in [-0.2, 0) is 4.74 Å². The van der Waals surface area contributed by atoms with E-state index < -0.39 is 11.9 Å². The van der Waals surface area contributed by atoms with Crippen molar-refractivity contribution in [2.75, 3.05) is 19.8 Å². The van der Waals surface area contributed by atoms with Crippen molar-refractivity contribution in [2.45, 2.75) is 25.0 Å². The van der Waals surface area contributed by atoms with Gasteiger partial charge in [0.25, 0.3) is 0 Å². The Hall–Kier alpha value is -0.680. The number of hydrogen-bond donors (Lipinski definition) is 2. The standard InChI is InChI=1S/C13H17ClFNO2/c14-9-1-2-11(12(15)7-9)13(17)8-16-10-3-5-18-6-4-10/h1-2,7,10,13,16-17H,3-6,8H2/t13-/m1/s1. The van der Waals surface area contributed by atoms with Crippen LogP contribution in [0.5, 0.6) is 0 Å². The van der Waals surface area contributed by atoms with Crippen LogP contribution in [-0.4, -0.2) is 30.9 Å². The van der Waals surface area contributed by atoms with Crippen molar-refractivity contribution in [3.8, 4) is 0 Å². The molecule has 1 heterocycles. The topological polar surface area (TPSA) is 41.5 Å². The quantitative estimate of drug-likeness (QED) is 0.884. The van der Waals surface area contributed by atoms with Gasteiger partial charge in [0.05, 0.1) is 6.10 Å². The number of aliphatic hydroxyl groups is 1. The maximum Gasteiger partial charge on any atom is 0.130 e. The normalized spacial score (nSPS) is 18.8. The molecule has 2 rings (SSSR count). The molecular weight excluding hydrogens is 257 g/mol. The van der Waals surface area contributed by atoms with E-state index in [4.69, 9.17) is 16.3 Å². The monoisotopic (exact) mass is 273 g/mol. The molecule has 0 aliphatic carbocycles. The van der Waals surface area contributed by atoms with Gasteiger partial charge in [0.1, 0.15) is 5.82 Å². The molecule has 5 heteroatoms. The van der Waals surface area contributed by atoms with Crippen LogP contribution in [0, 0.1) is 5.82 Å². The predicted octanol–water partition coefficient (Wildman–Crippen LogP) is 2.28. The molecular formula is C13H17ClFNO2. The molecule has 100 valence electrons. The van der Waals surface area contributed by atoms with Gasteiger partial charge in [0.2, 0.25) is 0 Å². The average molecular weight is 274 g/mol. The zero-order valence-corrected chi connectivity index (χ0v) is 10.8. The highest BCUT2D eigenvalue weighted by atomic mass is 35.5. The van der Waals surface area contributed by atoms with Gasteiger partial charge in [0, 0.05) is 36.4 Å². The van der Waals surface area contributed by atoms with Gasteiger partial charge in [-0.25, -0.2) is 4.39 Å². The van der Waals surface area contributed by atoms with Crippen LogP contribution in [0.25, 0.3) is 0 Å². The first kappa shape index (κ1) is 13.7. The lowest BCUT2D eigenvalue weighted by atomic mass is 10.1. The van der Waals surface area contributed by atoms with E-state index in [1.807, 2.05) is 0 Å². The third-order valence-corrected chi connectivity index (χ3v) is 3.38. The molecule has 0 radical (unpaired) electrons. The van der Waals surface area contributed by atoms with Crippen LogP contribution in [0.2, 0.25) is 5.02 Å². The average Bonchev–Trinajstić information content (AvgIpc) is 2.37.